The van der Waals surface area contributed by atoms with Gasteiger partial charge in [-0.05, 0) is 55.3 Å². The van der Waals surface area contributed by atoms with Crippen LogP contribution in [0.5, 0.6) is 17.2 Å². The molecule has 26 heavy (non-hydrogen) atoms. The SMILES string of the molecule is CCC(C[C@@H](C)C(=O)O)Oc1ccc(Oc2ccc(C#N)cc2F)cc1. The predicted molar refractivity (Wildman–Crippen MR) is 93.8 cm³/mol. The number of carboxylic acids is 1. The van der Waals surface area contributed by atoms with Crippen molar-refractivity contribution in [1.29, 1.82) is 5.26 Å². The number of carbonyl (C=O) groups is 1. The first-order valence-corrected chi connectivity index (χ1v) is 8.30. The third-order valence-electron chi connectivity index (χ3n) is 3.91. The lowest BCUT2D eigenvalue weighted by atomic mass is 10.0. The molecule has 5 nitrogen and oxygen atoms in total. The molecule has 0 fully saturated rings. The monoisotopic (exact) mass is 357 g/mol. The van der Waals surface area contributed by atoms with Gasteiger partial charge in [0.25, 0.3) is 0 Å². The van der Waals surface area contributed by atoms with E-state index in [2.05, 4.69) is 0 Å². The van der Waals surface area contributed by atoms with E-state index in [4.69, 9.17) is 19.8 Å². The predicted octanol–water partition coefficient (Wildman–Crippen LogP) is 4.76. The molecule has 0 aliphatic rings. The first-order chi connectivity index (χ1) is 12.4. The molecule has 2 atom stereocenters. The van der Waals surface area contributed by atoms with Gasteiger partial charge in [-0.1, -0.05) is 13.8 Å². The number of hydrogen-bond donors (Lipinski definition) is 1. The van der Waals surface area contributed by atoms with E-state index in [0.29, 0.717) is 24.3 Å². The van der Waals surface area contributed by atoms with Gasteiger partial charge in [-0.25, -0.2) is 4.39 Å². The lowest BCUT2D eigenvalue weighted by molar-refractivity contribution is -0.142. The number of hydrogen-bond acceptors (Lipinski definition) is 4. The summed E-state index contributed by atoms with van der Waals surface area (Å²) in [5.74, 6) is -0.908. The van der Waals surface area contributed by atoms with Crippen molar-refractivity contribution in [3.8, 4) is 23.3 Å². The van der Waals surface area contributed by atoms with Gasteiger partial charge in [0.15, 0.2) is 11.6 Å². The van der Waals surface area contributed by atoms with Crippen LogP contribution in [-0.4, -0.2) is 17.2 Å². The van der Waals surface area contributed by atoms with Crippen LogP contribution in [0.2, 0.25) is 0 Å². The number of aliphatic carboxylic acids is 1. The summed E-state index contributed by atoms with van der Waals surface area (Å²) in [6.07, 6.45) is 0.899. The minimum atomic E-state index is -0.847. The highest BCUT2D eigenvalue weighted by atomic mass is 19.1. The average molecular weight is 357 g/mol. The summed E-state index contributed by atoms with van der Waals surface area (Å²) in [6, 6.07) is 12.5. The molecule has 2 rings (SSSR count). The normalized spacial score (nSPS) is 12.7. The van der Waals surface area contributed by atoms with Crippen molar-refractivity contribution >= 4 is 5.97 Å². The van der Waals surface area contributed by atoms with Crippen molar-refractivity contribution in [2.24, 2.45) is 5.92 Å². The molecule has 0 spiro atoms. The Bertz CT molecular complexity index is 798. The molecule has 0 saturated heterocycles. The summed E-state index contributed by atoms with van der Waals surface area (Å²) in [7, 11) is 0. The molecule has 6 heteroatoms. The van der Waals surface area contributed by atoms with E-state index < -0.39 is 17.7 Å². The summed E-state index contributed by atoms with van der Waals surface area (Å²) in [4.78, 5) is 11.0. The Morgan fingerprint density at radius 3 is 2.42 bits per heavy atom. The highest BCUT2D eigenvalue weighted by Gasteiger charge is 2.18. The molecule has 0 amide bonds. The molecule has 0 bridgehead atoms. The highest BCUT2D eigenvalue weighted by molar-refractivity contribution is 5.69. The standard InChI is InChI=1S/C20H20FNO4/c1-3-15(10-13(2)20(23)24)25-16-5-7-17(8-6-16)26-19-9-4-14(12-22)11-18(19)21/h4-9,11,13,15H,3,10H2,1-2H3,(H,23,24)/t13-,15?/m1/s1. The molecule has 0 aliphatic heterocycles. The Morgan fingerprint density at radius 2 is 1.88 bits per heavy atom. The molecular formula is C20H20FNO4. The minimum Gasteiger partial charge on any atom is -0.490 e. The third-order valence-corrected chi connectivity index (χ3v) is 3.91. The molecule has 0 saturated carbocycles. The van der Waals surface area contributed by atoms with Crippen LogP contribution in [0.15, 0.2) is 42.5 Å². The largest absolute Gasteiger partial charge is 0.490 e. The number of benzene rings is 2. The van der Waals surface area contributed by atoms with Gasteiger partial charge < -0.3 is 14.6 Å². The summed E-state index contributed by atoms with van der Waals surface area (Å²) in [5.41, 5.74) is 0.222. The van der Waals surface area contributed by atoms with Crippen LogP contribution in [-0.2, 0) is 4.79 Å². The zero-order valence-electron chi connectivity index (χ0n) is 14.6. The molecule has 1 N–H and O–H groups in total. The van der Waals surface area contributed by atoms with E-state index in [-0.39, 0.29) is 17.4 Å². The van der Waals surface area contributed by atoms with Gasteiger partial charge in [0, 0.05) is 0 Å². The first-order valence-electron chi connectivity index (χ1n) is 8.30. The van der Waals surface area contributed by atoms with Crippen molar-refractivity contribution in [2.45, 2.75) is 32.8 Å². The number of nitrogens with zero attached hydrogens (tertiary/aromatic N) is 1. The van der Waals surface area contributed by atoms with Crippen molar-refractivity contribution in [2.75, 3.05) is 0 Å². The number of ether oxygens (including phenoxy) is 2. The van der Waals surface area contributed by atoms with Crippen LogP contribution in [0.1, 0.15) is 32.3 Å². The van der Waals surface area contributed by atoms with Crippen LogP contribution in [0.4, 0.5) is 4.39 Å². The van der Waals surface area contributed by atoms with Crippen LogP contribution < -0.4 is 9.47 Å². The fourth-order valence-electron chi connectivity index (χ4n) is 2.35. The van der Waals surface area contributed by atoms with E-state index in [9.17, 15) is 9.18 Å². The number of carboxylic acid groups (broad SMARTS) is 1. The van der Waals surface area contributed by atoms with Crippen molar-refractivity contribution in [3.05, 3.63) is 53.8 Å². The molecule has 0 radical (unpaired) electrons. The molecule has 2 aromatic rings. The van der Waals surface area contributed by atoms with Crippen LogP contribution in [0.3, 0.4) is 0 Å². The van der Waals surface area contributed by atoms with E-state index in [1.165, 1.54) is 12.1 Å². The van der Waals surface area contributed by atoms with Crippen molar-refractivity contribution in [3.63, 3.8) is 0 Å². The van der Waals surface area contributed by atoms with Gasteiger partial charge >= 0.3 is 5.97 Å². The number of halogens is 1. The Labute approximate surface area is 151 Å². The van der Waals surface area contributed by atoms with Crippen molar-refractivity contribution < 1.29 is 23.8 Å². The minimum absolute atomic E-state index is 0.0272. The average Bonchev–Trinajstić information content (AvgIpc) is 2.64. The number of rotatable bonds is 8. The molecular weight excluding hydrogens is 337 g/mol. The number of nitriles is 1. The quantitative estimate of drug-likeness (QED) is 0.737. The van der Waals surface area contributed by atoms with E-state index in [1.807, 2.05) is 13.0 Å². The van der Waals surface area contributed by atoms with E-state index in [1.54, 1.807) is 31.2 Å². The molecule has 0 aromatic heterocycles. The van der Waals surface area contributed by atoms with Crippen LogP contribution in [0, 0.1) is 23.1 Å². The maximum absolute atomic E-state index is 13.9. The smallest absolute Gasteiger partial charge is 0.306 e. The molecule has 1 unspecified atom stereocenters. The second-order valence-corrected chi connectivity index (χ2v) is 5.95. The van der Waals surface area contributed by atoms with Gasteiger partial charge in [0.1, 0.15) is 11.5 Å². The second kappa shape index (κ2) is 8.86. The van der Waals surface area contributed by atoms with Gasteiger partial charge in [0.05, 0.1) is 23.7 Å². The van der Waals surface area contributed by atoms with Gasteiger partial charge in [0.2, 0.25) is 0 Å². The molecule has 136 valence electrons. The Balaban J connectivity index is 2.01. The highest BCUT2D eigenvalue weighted by Crippen LogP contribution is 2.27. The topological polar surface area (TPSA) is 79.6 Å². The van der Waals surface area contributed by atoms with Crippen LogP contribution in [0.25, 0.3) is 0 Å². The van der Waals surface area contributed by atoms with Crippen molar-refractivity contribution in [1.82, 2.24) is 0 Å². The zero-order chi connectivity index (χ0) is 19.1. The molecule has 0 aliphatic carbocycles. The zero-order valence-corrected chi connectivity index (χ0v) is 14.6. The summed E-state index contributed by atoms with van der Waals surface area (Å²) in [5, 5.41) is 17.8. The fourth-order valence-corrected chi connectivity index (χ4v) is 2.35. The Hall–Kier alpha value is -3.07. The van der Waals surface area contributed by atoms with E-state index in [0.717, 1.165) is 6.07 Å². The third kappa shape index (κ3) is 5.21. The summed E-state index contributed by atoms with van der Waals surface area (Å²) >= 11 is 0. The second-order valence-electron chi connectivity index (χ2n) is 5.95. The lowest BCUT2D eigenvalue weighted by Gasteiger charge is -2.19. The maximum atomic E-state index is 13.9. The van der Waals surface area contributed by atoms with Gasteiger partial charge in [-0.3, -0.25) is 4.79 Å². The van der Waals surface area contributed by atoms with Gasteiger partial charge in [-0.2, -0.15) is 5.26 Å². The Kier molecular flexibility index (Phi) is 6.56. The molecule has 2 aromatic carbocycles. The first kappa shape index (κ1) is 19.3. The van der Waals surface area contributed by atoms with E-state index >= 15 is 0 Å². The fraction of sp³-hybridized carbons (Fsp3) is 0.300. The van der Waals surface area contributed by atoms with Gasteiger partial charge in [-0.15, -0.1) is 0 Å². The lowest BCUT2D eigenvalue weighted by Crippen LogP contribution is -2.22. The van der Waals surface area contributed by atoms with Crippen LogP contribution >= 0.6 is 0 Å². The molecule has 0 heterocycles. The summed E-state index contributed by atoms with van der Waals surface area (Å²) < 4.78 is 25.1. The maximum Gasteiger partial charge on any atom is 0.306 e. The Morgan fingerprint density at radius 1 is 1.23 bits per heavy atom. The summed E-state index contributed by atoms with van der Waals surface area (Å²) in [6.45, 7) is 3.59.